The fraction of sp³-hybridized carbons (Fsp3) is 0.429. The quantitative estimate of drug-likeness (QED) is 0.812. The van der Waals surface area contributed by atoms with E-state index in [1.54, 1.807) is 13.3 Å². The molecule has 3 rings (SSSR count). The zero-order valence-corrected chi connectivity index (χ0v) is 16.0. The van der Waals surface area contributed by atoms with Gasteiger partial charge in [-0.2, -0.15) is 0 Å². The summed E-state index contributed by atoms with van der Waals surface area (Å²) >= 11 is 0. The number of hydrogen-bond acceptors (Lipinski definition) is 5. The van der Waals surface area contributed by atoms with Gasteiger partial charge >= 0.3 is 0 Å². The first-order valence-electron chi connectivity index (χ1n) is 9.11. The third-order valence-corrected chi connectivity index (χ3v) is 4.81. The highest BCUT2D eigenvalue weighted by Crippen LogP contribution is 2.25. The molecule has 0 bridgehead atoms. The minimum atomic E-state index is -0.653. The lowest BCUT2D eigenvalue weighted by molar-refractivity contribution is -0.125. The molecule has 0 spiro atoms. The van der Waals surface area contributed by atoms with Gasteiger partial charge in [0.15, 0.2) is 0 Å². The molecule has 1 atom stereocenters. The Kier molecular flexibility index (Phi) is 5.96. The molecule has 1 N–H and O–H groups in total. The first-order chi connectivity index (χ1) is 13.0. The number of hydrogen-bond donors (Lipinski definition) is 1. The highest BCUT2D eigenvalue weighted by atomic mass is 16.5. The molecule has 1 aliphatic heterocycles. The summed E-state index contributed by atoms with van der Waals surface area (Å²) < 4.78 is 16.3. The minimum Gasteiger partial charge on any atom is -0.497 e. The lowest BCUT2D eigenvalue weighted by atomic mass is 9.83. The van der Waals surface area contributed by atoms with Crippen LogP contribution >= 0.6 is 0 Å². The van der Waals surface area contributed by atoms with Crippen molar-refractivity contribution in [2.45, 2.75) is 38.3 Å². The van der Waals surface area contributed by atoms with Crippen molar-refractivity contribution in [3.8, 4) is 11.6 Å². The average Bonchev–Trinajstić information content (AvgIpc) is 3.19. The number of carbonyl (C=O) groups excluding carboxylic acids is 1. The molecule has 2 heterocycles. The Bertz CT molecular complexity index is 768. The lowest BCUT2D eigenvalue weighted by Gasteiger charge is -2.24. The molecule has 0 radical (unpaired) electrons. The molecular weight excluding hydrogens is 344 g/mol. The van der Waals surface area contributed by atoms with Gasteiger partial charge in [0.05, 0.1) is 25.7 Å². The summed E-state index contributed by atoms with van der Waals surface area (Å²) in [7, 11) is 1.62. The van der Waals surface area contributed by atoms with Crippen LogP contribution in [0.1, 0.15) is 31.4 Å². The molecule has 1 unspecified atom stereocenters. The van der Waals surface area contributed by atoms with E-state index in [-0.39, 0.29) is 12.0 Å². The molecule has 6 nitrogen and oxygen atoms in total. The third kappa shape index (κ3) is 4.77. The highest BCUT2D eigenvalue weighted by molar-refractivity contribution is 5.87. The molecule has 2 aromatic rings. The maximum absolute atomic E-state index is 12.8. The Morgan fingerprint density at radius 1 is 1.30 bits per heavy atom. The van der Waals surface area contributed by atoms with Crippen LogP contribution in [0.3, 0.4) is 0 Å². The fourth-order valence-electron chi connectivity index (χ4n) is 2.94. The van der Waals surface area contributed by atoms with E-state index in [1.165, 1.54) is 0 Å². The van der Waals surface area contributed by atoms with E-state index in [1.807, 2.05) is 50.2 Å². The molecule has 0 saturated carbocycles. The molecule has 144 valence electrons. The number of nitrogens with one attached hydrogen (secondary N) is 1. The van der Waals surface area contributed by atoms with Crippen LogP contribution in [0.4, 0.5) is 0 Å². The second-order valence-corrected chi connectivity index (χ2v) is 7.14. The van der Waals surface area contributed by atoms with Crippen molar-refractivity contribution in [3.63, 3.8) is 0 Å². The molecule has 1 aromatic heterocycles. The van der Waals surface area contributed by atoms with Gasteiger partial charge in [-0.05, 0) is 43.2 Å². The van der Waals surface area contributed by atoms with Crippen molar-refractivity contribution >= 4 is 5.91 Å². The molecule has 6 heteroatoms. The van der Waals surface area contributed by atoms with E-state index in [0.29, 0.717) is 19.0 Å². The number of ether oxygens (including phenoxy) is 3. The number of amides is 1. The van der Waals surface area contributed by atoms with E-state index in [0.717, 1.165) is 29.9 Å². The smallest absolute Gasteiger partial charge is 0.230 e. The summed E-state index contributed by atoms with van der Waals surface area (Å²) in [6.07, 6.45) is 2.62. The zero-order chi connectivity index (χ0) is 19.3. The van der Waals surface area contributed by atoms with Gasteiger partial charge in [-0.3, -0.25) is 4.79 Å². The van der Waals surface area contributed by atoms with Crippen LogP contribution in [-0.2, 0) is 21.5 Å². The van der Waals surface area contributed by atoms with Crippen molar-refractivity contribution in [2.75, 3.05) is 20.3 Å². The largest absolute Gasteiger partial charge is 0.497 e. The van der Waals surface area contributed by atoms with Gasteiger partial charge in [0.25, 0.3) is 0 Å². The highest BCUT2D eigenvalue weighted by Gasteiger charge is 2.29. The van der Waals surface area contributed by atoms with E-state index in [9.17, 15) is 4.79 Å². The Morgan fingerprint density at radius 2 is 2.07 bits per heavy atom. The Balaban J connectivity index is 1.60. The standard InChI is InChI=1S/C21H26N2O4/c1-21(2,16-4-6-17(25-3)7-5-16)20(24)23-13-15-8-10-22-19(12-15)27-18-9-11-26-14-18/h4-8,10,12,18H,9,11,13-14H2,1-3H3,(H,23,24). The van der Waals surface area contributed by atoms with Gasteiger partial charge < -0.3 is 19.5 Å². The maximum Gasteiger partial charge on any atom is 0.230 e. The molecule has 27 heavy (non-hydrogen) atoms. The van der Waals surface area contributed by atoms with Gasteiger partial charge in [0.1, 0.15) is 11.9 Å². The second kappa shape index (κ2) is 8.39. The predicted molar refractivity (Wildman–Crippen MR) is 102 cm³/mol. The first-order valence-corrected chi connectivity index (χ1v) is 9.11. The number of rotatable bonds is 7. The molecular formula is C21H26N2O4. The third-order valence-electron chi connectivity index (χ3n) is 4.81. The van der Waals surface area contributed by atoms with Crippen LogP contribution < -0.4 is 14.8 Å². The number of aromatic nitrogens is 1. The summed E-state index contributed by atoms with van der Waals surface area (Å²) in [5.74, 6) is 1.29. The molecule has 1 aromatic carbocycles. The minimum absolute atomic E-state index is 0.0452. The number of carbonyl (C=O) groups is 1. The van der Waals surface area contributed by atoms with Crippen LogP contribution in [0, 0.1) is 0 Å². The van der Waals surface area contributed by atoms with E-state index < -0.39 is 5.41 Å². The van der Waals surface area contributed by atoms with Crippen LogP contribution in [0.15, 0.2) is 42.6 Å². The molecule has 0 aliphatic carbocycles. The van der Waals surface area contributed by atoms with Gasteiger partial charge in [0, 0.05) is 25.2 Å². The first kappa shape index (κ1) is 19.2. The second-order valence-electron chi connectivity index (χ2n) is 7.14. The van der Waals surface area contributed by atoms with E-state index in [2.05, 4.69) is 10.3 Å². The molecule has 1 fully saturated rings. The summed E-state index contributed by atoms with van der Waals surface area (Å²) in [5.41, 5.74) is 1.22. The van der Waals surface area contributed by atoms with Crippen molar-refractivity contribution in [1.29, 1.82) is 0 Å². The molecule has 1 aliphatic rings. The average molecular weight is 370 g/mol. The number of nitrogens with zero attached hydrogens (tertiary/aromatic N) is 1. The predicted octanol–water partition coefficient (Wildman–Crippen LogP) is 2.85. The monoisotopic (exact) mass is 370 g/mol. The maximum atomic E-state index is 12.8. The van der Waals surface area contributed by atoms with Crippen molar-refractivity contribution in [1.82, 2.24) is 10.3 Å². The van der Waals surface area contributed by atoms with E-state index in [4.69, 9.17) is 14.2 Å². The van der Waals surface area contributed by atoms with Gasteiger partial charge in [-0.1, -0.05) is 12.1 Å². The van der Waals surface area contributed by atoms with Crippen LogP contribution in [0.25, 0.3) is 0 Å². The van der Waals surface area contributed by atoms with E-state index >= 15 is 0 Å². The van der Waals surface area contributed by atoms with Crippen molar-refractivity contribution < 1.29 is 19.0 Å². The van der Waals surface area contributed by atoms with Crippen molar-refractivity contribution in [2.24, 2.45) is 0 Å². The SMILES string of the molecule is COc1ccc(C(C)(C)C(=O)NCc2ccnc(OC3CCOC3)c2)cc1. The topological polar surface area (TPSA) is 69.7 Å². The Labute approximate surface area is 159 Å². The van der Waals surface area contributed by atoms with Crippen LogP contribution in [0.5, 0.6) is 11.6 Å². The normalized spacial score (nSPS) is 16.8. The van der Waals surface area contributed by atoms with Crippen molar-refractivity contribution in [3.05, 3.63) is 53.7 Å². The summed E-state index contributed by atoms with van der Waals surface area (Å²) in [4.78, 5) is 17.0. The summed E-state index contributed by atoms with van der Waals surface area (Å²) in [5, 5.41) is 3.01. The Morgan fingerprint density at radius 3 is 2.74 bits per heavy atom. The fourth-order valence-corrected chi connectivity index (χ4v) is 2.94. The number of benzene rings is 1. The van der Waals surface area contributed by atoms with Crippen LogP contribution in [0.2, 0.25) is 0 Å². The Hall–Kier alpha value is -2.60. The molecule has 1 saturated heterocycles. The number of methoxy groups -OCH3 is 1. The lowest BCUT2D eigenvalue weighted by Crippen LogP contribution is -2.39. The number of pyridine rings is 1. The van der Waals surface area contributed by atoms with Gasteiger partial charge in [-0.25, -0.2) is 4.98 Å². The van der Waals surface area contributed by atoms with Crippen LogP contribution in [-0.4, -0.2) is 37.3 Å². The summed E-state index contributed by atoms with van der Waals surface area (Å²) in [6.45, 7) is 5.55. The van der Waals surface area contributed by atoms with Gasteiger partial charge in [0.2, 0.25) is 11.8 Å². The zero-order valence-electron chi connectivity index (χ0n) is 16.0. The summed E-state index contributed by atoms with van der Waals surface area (Å²) in [6, 6.07) is 11.3. The van der Waals surface area contributed by atoms with Gasteiger partial charge in [-0.15, -0.1) is 0 Å². The molecule has 1 amide bonds.